The molecule has 0 spiro atoms. The first-order valence-corrected chi connectivity index (χ1v) is 6.57. The number of hydrogen-bond donors (Lipinski definition) is 0. The summed E-state index contributed by atoms with van der Waals surface area (Å²) >= 11 is 7.14. The predicted molar refractivity (Wildman–Crippen MR) is 66.8 cm³/mol. The van der Waals surface area contributed by atoms with Crippen molar-refractivity contribution < 1.29 is 4.74 Å². The molecule has 4 heteroatoms. The van der Waals surface area contributed by atoms with E-state index in [1.165, 1.54) is 18.4 Å². The molecule has 0 bridgehead atoms. The number of pyridine rings is 1. The van der Waals surface area contributed by atoms with Gasteiger partial charge >= 0.3 is 0 Å². The highest BCUT2D eigenvalue weighted by molar-refractivity contribution is 9.11. The fourth-order valence-corrected chi connectivity index (χ4v) is 3.12. The quantitative estimate of drug-likeness (QED) is 0.833. The van der Waals surface area contributed by atoms with E-state index >= 15 is 0 Å². The molecule has 1 saturated carbocycles. The van der Waals surface area contributed by atoms with E-state index < -0.39 is 0 Å². The van der Waals surface area contributed by atoms with Crippen LogP contribution in [0, 0.1) is 12.8 Å². The second-order valence-electron chi connectivity index (χ2n) is 3.91. The minimum atomic E-state index is 0.190. The number of aromatic nitrogens is 1. The zero-order valence-corrected chi connectivity index (χ0v) is 11.9. The average Bonchev–Trinajstić information content (AvgIpc) is 3.02. The molecule has 1 atom stereocenters. The number of nitrogens with zero attached hydrogens (tertiary/aromatic N) is 1. The van der Waals surface area contributed by atoms with Crippen molar-refractivity contribution in [1.29, 1.82) is 0 Å². The van der Waals surface area contributed by atoms with E-state index in [1.54, 1.807) is 7.11 Å². The van der Waals surface area contributed by atoms with Crippen LogP contribution in [0.25, 0.3) is 0 Å². The second-order valence-corrected chi connectivity index (χ2v) is 5.56. The Labute approximate surface area is 107 Å². The topological polar surface area (TPSA) is 22.1 Å². The van der Waals surface area contributed by atoms with Crippen LogP contribution in [0.2, 0.25) is 0 Å². The van der Waals surface area contributed by atoms with Crippen LogP contribution in [0.5, 0.6) is 0 Å². The monoisotopic (exact) mass is 333 g/mol. The molecule has 2 nitrogen and oxygen atoms in total. The third-order valence-electron chi connectivity index (χ3n) is 2.77. The standard InChI is InChI=1S/C11H13Br2NO/c1-6-10(13)9(8(12)5-14-6)11(15-2)7-3-4-7/h5,7,11H,3-4H2,1-2H3. The summed E-state index contributed by atoms with van der Waals surface area (Å²) in [5, 5.41) is 0. The van der Waals surface area contributed by atoms with Gasteiger partial charge in [0, 0.05) is 27.8 Å². The molecule has 1 heterocycles. The van der Waals surface area contributed by atoms with Gasteiger partial charge in [0.2, 0.25) is 0 Å². The molecule has 1 aliphatic rings. The Morgan fingerprint density at radius 1 is 1.47 bits per heavy atom. The lowest BCUT2D eigenvalue weighted by atomic mass is 10.1. The molecule has 2 rings (SSSR count). The lowest BCUT2D eigenvalue weighted by molar-refractivity contribution is 0.0833. The average molecular weight is 335 g/mol. The number of aryl methyl sites for hydroxylation is 1. The Kier molecular flexibility index (Phi) is 3.48. The zero-order valence-electron chi connectivity index (χ0n) is 8.76. The molecule has 15 heavy (non-hydrogen) atoms. The van der Waals surface area contributed by atoms with E-state index in [2.05, 4.69) is 36.8 Å². The Morgan fingerprint density at radius 3 is 2.67 bits per heavy atom. The largest absolute Gasteiger partial charge is 0.376 e. The number of ether oxygens (including phenoxy) is 1. The molecule has 1 aliphatic carbocycles. The maximum Gasteiger partial charge on any atom is 0.0872 e. The van der Waals surface area contributed by atoms with Crippen LogP contribution in [0.3, 0.4) is 0 Å². The van der Waals surface area contributed by atoms with Gasteiger partial charge in [0.25, 0.3) is 0 Å². The number of halogens is 2. The summed E-state index contributed by atoms with van der Waals surface area (Å²) in [7, 11) is 1.78. The van der Waals surface area contributed by atoms with E-state index in [0.717, 1.165) is 14.6 Å². The van der Waals surface area contributed by atoms with Crippen molar-refractivity contribution in [3.8, 4) is 0 Å². The highest BCUT2D eigenvalue weighted by Gasteiger charge is 2.35. The molecule has 0 N–H and O–H groups in total. The molecule has 1 unspecified atom stereocenters. The maximum atomic E-state index is 5.59. The van der Waals surface area contributed by atoms with Crippen LogP contribution in [-0.4, -0.2) is 12.1 Å². The van der Waals surface area contributed by atoms with E-state index in [9.17, 15) is 0 Å². The Bertz CT molecular complexity index is 377. The smallest absolute Gasteiger partial charge is 0.0872 e. The zero-order chi connectivity index (χ0) is 11.0. The third-order valence-corrected chi connectivity index (χ3v) is 4.40. The van der Waals surface area contributed by atoms with Crippen LogP contribution >= 0.6 is 31.9 Å². The molecule has 1 aromatic rings. The molecule has 1 fully saturated rings. The van der Waals surface area contributed by atoms with Crippen molar-refractivity contribution >= 4 is 31.9 Å². The molecule has 0 saturated heterocycles. The summed E-state index contributed by atoms with van der Waals surface area (Å²) in [5.41, 5.74) is 2.21. The Morgan fingerprint density at radius 2 is 2.13 bits per heavy atom. The molecule has 0 radical (unpaired) electrons. The minimum Gasteiger partial charge on any atom is -0.376 e. The van der Waals surface area contributed by atoms with Crippen LogP contribution < -0.4 is 0 Å². The van der Waals surface area contributed by atoms with Crippen LogP contribution in [0.4, 0.5) is 0 Å². The molecule has 1 aromatic heterocycles. The van der Waals surface area contributed by atoms with Crippen molar-refractivity contribution in [2.45, 2.75) is 25.9 Å². The van der Waals surface area contributed by atoms with Crippen LogP contribution in [0.1, 0.15) is 30.2 Å². The number of methoxy groups -OCH3 is 1. The highest BCUT2D eigenvalue weighted by atomic mass is 79.9. The summed E-state index contributed by atoms with van der Waals surface area (Å²) in [6, 6.07) is 0. The van der Waals surface area contributed by atoms with E-state index in [1.807, 2.05) is 13.1 Å². The van der Waals surface area contributed by atoms with Gasteiger partial charge in [0.05, 0.1) is 11.8 Å². The van der Waals surface area contributed by atoms with Crippen molar-refractivity contribution in [1.82, 2.24) is 4.98 Å². The van der Waals surface area contributed by atoms with Gasteiger partial charge in [-0.15, -0.1) is 0 Å². The lowest BCUT2D eigenvalue weighted by Gasteiger charge is -2.19. The van der Waals surface area contributed by atoms with E-state index in [0.29, 0.717) is 5.92 Å². The molecule has 0 amide bonds. The molecular formula is C11H13Br2NO. The fourth-order valence-electron chi connectivity index (χ4n) is 1.79. The summed E-state index contributed by atoms with van der Waals surface area (Å²) in [5.74, 6) is 0.671. The normalized spacial score (nSPS) is 17.9. The Balaban J connectivity index is 2.44. The van der Waals surface area contributed by atoms with Gasteiger partial charge in [-0.3, -0.25) is 4.98 Å². The van der Waals surface area contributed by atoms with Gasteiger partial charge in [0.1, 0.15) is 0 Å². The van der Waals surface area contributed by atoms with Gasteiger partial charge in [-0.25, -0.2) is 0 Å². The predicted octanol–water partition coefficient (Wildman–Crippen LogP) is 4.01. The molecule has 0 aromatic carbocycles. The van der Waals surface area contributed by atoms with E-state index in [4.69, 9.17) is 4.74 Å². The first kappa shape index (κ1) is 11.6. The molecule has 0 aliphatic heterocycles. The van der Waals surface area contributed by atoms with Gasteiger partial charge in [-0.1, -0.05) is 0 Å². The third kappa shape index (κ3) is 2.27. The van der Waals surface area contributed by atoms with Crippen molar-refractivity contribution in [2.75, 3.05) is 7.11 Å². The summed E-state index contributed by atoms with van der Waals surface area (Å²) in [6.45, 7) is 2.00. The Hall–Kier alpha value is 0.0700. The SMILES string of the molecule is COC(c1c(Br)cnc(C)c1Br)C1CC1. The van der Waals surface area contributed by atoms with E-state index in [-0.39, 0.29) is 6.10 Å². The minimum absolute atomic E-state index is 0.190. The maximum absolute atomic E-state index is 5.59. The lowest BCUT2D eigenvalue weighted by Crippen LogP contribution is -2.07. The first-order chi connectivity index (χ1) is 7.15. The number of rotatable bonds is 3. The van der Waals surface area contributed by atoms with Crippen molar-refractivity contribution in [2.24, 2.45) is 5.92 Å². The van der Waals surface area contributed by atoms with Crippen LogP contribution in [-0.2, 0) is 4.74 Å². The second kappa shape index (κ2) is 4.52. The summed E-state index contributed by atoms with van der Waals surface area (Å²) in [4.78, 5) is 4.29. The van der Waals surface area contributed by atoms with Crippen molar-refractivity contribution in [3.63, 3.8) is 0 Å². The van der Waals surface area contributed by atoms with Crippen molar-refractivity contribution in [3.05, 3.63) is 26.4 Å². The summed E-state index contributed by atoms with van der Waals surface area (Å²) < 4.78 is 7.68. The fraction of sp³-hybridized carbons (Fsp3) is 0.545. The van der Waals surface area contributed by atoms with Gasteiger partial charge in [0.15, 0.2) is 0 Å². The molecule has 82 valence electrons. The van der Waals surface area contributed by atoms with Gasteiger partial charge < -0.3 is 4.74 Å². The first-order valence-electron chi connectivity index (χ1n) is 4.98. The highest BCUT2D eigenvalue weighted by Crippen LogP contribution is 2.47. The van der Waals surface area contributed by atoms with Gasteiger partial charge in [-0.2, -0.15) is 0 Å². The van der Waals surface area contributed by atoms with Gasteiger partial charge in [-0.05, 0) is 57.5 Å². The summed E-state index contributed by atoms with van der Waals surface area (Å²) in [6.07, 6.45) is 4.57. The molecular weight excluding hydrogens is 322 g/mol. The number of hydrogen-bond acceptors (Lipinski definition) is 2. The van der Waals surface area contributed by atoms with Crippen LogP contribution in [0.15, 0.2) is 15.1 Å².